The molecule has 0 aliphatic carbocycles. The van der Waals surface area contributed by atoms with E-state index in [2.05, 4.69) is 0 Å². The van der Waals surface area contributed by atoms with Crippen LogP contribution in [-0.4, -0.2) is 17.7 Å². The second-order valence-electron chi connectivity index (χ2n) is 7.69. The summed E-state index contributed by atoms with van der Waals surface area (Å²) in [4.78, 5) is 11.9. The second-order valence-corrected chi connectivity index (χ2v) is 7.69. The lowest BCUT2D eigenvalue weighted by atomic mass is 9.78. The highest BCUT2D eigenvalue weighted by Crippen LogP contribution is 2.40. The van der Waals surface area contributed by atoms with E-state index in [-0.39, 0.29) is 16.6 Å². The van der Waals surface area contributed by atoms with Crippen molar-refractivity contribution in [2.24, 2.45) is 5.73 Å². The van der Waals surface area contributed by atoms with Crippen molar-refractivity contribution in [3.05, 3.63) is 28.8 Å². The molecule has 0 saturated carbocycles. The van der Waals surface area contributed by atoms with E-state index in [4.69, 9.17) is 10.5 Å². The highest BCUT2D eigenvalue weighted by atomic mass is 16.5. The third-order valence-electron chi connectivity index (χ3n) is 3.65. The number of benzene rings is 1. The molecule has 0 aliphatic rings. The number of hydrogen-bond acceptors (Lipinski definition) is 4. The number of phenolic OH excluding ortho intramolecular Hbond substituents is 1. The molecular weight excluding hydrogens is 278 g/mol. The van der Waals surface area contributed by atoms with Gasteiger partial charge in [-0.25, -0.2) is 4.79 Å². The molecule has 0 fully saturated rings. The van der Waals surface area contributed by atoms with Crippen molar-refractivity contribution in [2.45, 2.75) is 65.3 Å². The molecular formula is C18H29NO3. The smallest absolute Gasteiger partial charge is 0.327 e. The third-order valence-corrected chi connectivity index (χ3v) is 3.65. The summed E-state index contributed by atoms with van der Waals surface area (Å²) in [5, 5.41) is 10.7. The fourth-order valence-corrected chi connectivity index (χ4v) is 2.35. The molecule has 0 aliphatic heterocycles. The standard InChI is InChI=1S/C18H29NO3/c1-8-22-16(21)14(19)11-9-12(17(2,3)4)15(20)13(10-11)18(5,6)7/h9-10,14,20H,8,19H2,1-7H3/t14-/m0/s1. The van der Waals surface area contributed by atoms with Crippen LogP contribution in [0, 0.1) is 0 Å². The first-order valence-corrected chi connectivity index (χ1v) is 7.69. The van der Waals surface area contributed by atoms with E-state index in [1.54, 1.807) is 6.92 Å². The summed E-state index contributed by atoms with van der Waals surface area (Å²) in [7, 11) is 0. The summed E-state index contributed by atoms with van der Waals surface area (Å²) >= 11 is 0. The molecule has 4 heteroatoms. The zero-order valence-electron chi connectivity index (χ0n) is 14.8. The Balaban J connectivity index is 3.51. The van der Waals surface area contributed by atoms with Crippen LogP contribution in [0.3, 0.4) is 0 Å². The maximum atomic E-state index is 11.9. The highest BCUT2D eigenvalue weighted by Gasteiger charge is 2.29. The number of carbonyl (C=O) groups excluding carboxylic acids is 1. The van der Waals surface area contributed by atoms with Gasteiger partial charge in [0.25, 0.3) is 0 Å². The first-order valence-electron chi connectivity index (χ1n) is 7.69. The van der Waals surface area contributed by atoms with Gasteiger partial charge in [-0.2, -0.15) is 0 Å². The monoisotopic (exact) mass is 307 g/mol. The van der Waals surface area contributed by atoms with Gasteiger partial charge < -0.3 is 15.6 Å². The summed E-state index contributed by atoms with van der Waals surface area (Å²) < 4.78 is 5.01. The van der Waals surface area contributed by atoms with Gasteiger partial charge in [-0.15, -0.1) is 0 Å². The molecule has 0 aromatic heterocycles. The Morgan fingerprint density at radius 2 is 1.55 bits per heavy atom. The minimum atomic E-state index is -0.845. The average Bonchev–Trinajstić information content (AvgIpc) is 2.35. The van der Waals surface area contributed by atoms with Crippen molar-refractivity contribution in [1.82, 2.24) is 0 Å². The number of hydrogen-bond donors (Lipinski definition) is 2. The first-order chi connectivity index (χ1) is 9.89. The Morgan fingerprint density at radius 3 is 1.86 bits per heavy atom. The fraction of sp³-hybridized carbons (Fsp3) is 0.611. The number of aromatic hydroxyl groups is 1. The normalized spacial score (nSPS) is 13.8. The number of nitrogens with two attached hydrogens (primary N) is 1. The molecule has 0 radical (unpaired) electrons. The van der Waals surface area contributed by atoms with Crippen LogP contribution in [0.4, 0.5) is 0 Å². The van der Waals surface area contributed by atoms with Gasteiger partial charge in [0.2, 0.25) is 0 Å². The molecule has 1 aromatic carbocycles. The molecule has 1 atom stereocenters. The van der Waals surface area contributed by atoms with Crippen LogP contribution in [-0.2, 0) is 20.4 Å². The van der Waals surface area contributed by atoms with E-state index in [1.807, 2.05) is 53.7 Å². The predicted octanol–water partition coefficient (Wildman–Crippen LogP) is 3.55. The lowest BCUT2D eigenvalue weighted by Crippen LogP contribution is -2.26. The summed E-state index contributed by atoms with van der Waals surface area (Å²) in [5.41, 5.74) is 7.78. The van der Waals surface area contributed by atoms with Crippen molar-refractivity contribution in [3.8, 4) is 5.75 Å². The zero-order chi connectivity index (χ0) is 17.3. The summed E-state index contributed by atoms with van der Waals surface area (Å²) in [6.07, 6.45) is 0. The van der Waals surface area contributed by atoms with Gasteiger partial charge in [-0.3, -0.25) is 0 Å². The molecule has 1 rings (SSSR count). The largest absolute Gasteiger partial charge is 0.507 e. The molecule has 124 valence electrons. The minimum absolute atomic E-state index is 0.255. The second kappa shape index (κ2) is 6.29. The van der Waals surface area contributed by atoms with Gasteiger partial charge in [0.05, 0.1) is 6.61 Å². The van der Waals surface area contributed by atoms with E-state index in [1.165, 1.54) is 0 Å². The summed E-state index contributed by atoms with van der Waals surface area (Å²) in [6, 6.07) is 2.78. The molecule has 1 aromatic rings. The number of carbonyl (C=O) groups is 1. The van der Waals surface area contributed by atoms with Crippen LogP contribution in [0.1, 0.15) is 71.2 Å². The van der Waals surface area contributed by atoms with Crippen LogP contribution in [0.25, 0.3) is 0 Å². The van der Waals surface area contributed by atoms with Gasteiger partial charge in [0, 0.05) is 0 Å². The van der Waals surface area contributed by atoms with Crippen molar-refractivity contribution in [3.63, 3.8) is 0 Å². The van der Waals surface area contributed by atoms with Crippen LogP contribution in [0.15, 0.2) is 12.1 Å². The lowest BCUT2D eigenvalue weighted by Gasteiger charge is -2.29. The van der Waals surface area contributed by atoms with E-state index in [9.17, 15) is 9.90 Å². The molecule has 0 bridgehead atoms. The van der Waals surface area contributed by atoms with E-state index in [0.717, 1.165) is 11.1 Å². The first kappa shape index (κ1) is 18.5. The maximum Gasteiger partial charge on any atom is 0.327 e. The lowest BCUT2D eigenvalue weighted by molar-refractivity contribution is -0.144. The van der Waals surface area contributed by atoms with Crippen molar-refractivity contribution in [1.29, 1.82) is 0 Å². The molecule has 0 unspecified atom stereocenters. The summed E-state index contributed by atoms with van der Waals surface area (Å²) in [5.74, 6) is -0.173. The Hall–Kier alpha value is -1.55. The molecule has 0 heterocycles. The fourth-order valence-electron chi connectivity index (χ4n) is 2.35. The number of rotatable bonds is 3. The molecule has 0 spiro atoms. The Morgan fingerprint density at radius 1 is 1.14 bits per heavy atom. The number of ether oxygens (including phenoxy) is 1. The highest BCUT2D eigenvalue weighted by molar-refractivity contribution is 5.78. The van der Waals surface area contributed by atoms with Gasteiger partial charge in [-0.05, 0) is 46.6 Å². The Labute approximate surface area is 133 Å². The molecule has 0 amide bonds. The topological polar surface area (TPSA) is 72.5 Å². The number of phenols is 1. The van der Waals surface area contributed by atoms with E-state index >= 15 is 0 Å². The molecule has 4 nitrogen and oxygen atoms in total. The van der Waals surface area contributed by atoms with Crippen molar-refractivity contribution in [2.75, 3.05) is 6.61 Å². The van der Waals surface area contributed by atoms with Gasteiger partial charge in [0.15, 0.2) is 0 Å². The zero-order valence-corrected chi connectivity index (χ0v) is 14.8. The van der Waals surface area contributed by atoms with Crippen molar-refractivity contribution >= 4 is 5.97 Å². The molecule has 0 saturated heterocycles. The molecule has 3 N–H and O–H groups in total. The van der Waals surface area contributed by atoms with Gasteiger partial charge in [0.1, 0.15) is 11.8 Å². The maximum absolute atomic E-state index is 11.9. The Kier molecular flexibility index (Phi) is 5.29. The summed E-state index contributed by atoms with van der Waals surface area (Å²) in [6.45, 7) is 14.2. The third kappa shape index (κ3) is 4.01. The Bertz CT molecular complexity index is 515. The van der Waals surface area contributed by atoms with Crippen molar-refractivity contribution < 1.29 is 14.6 Å². The number of esters is 1. The average molecular weight is 307 g/mol. The van der Waals surface area contributed by atoms with E-state index in [0.29, 0.717) is 12.2 Å². The minimum Gasteiger partial charge on any atom is -0.507 e. The quantitative estimate of drug-likeness (QED) is 0.838. The molecule has 22 heavy (non-hydrogen) atoms. The van der Waals surface area contributed by atoms with Gasteiger partial charge in [-0.1, -0.05) is 41.5 Å². The van der Waals surface area contributed by atoms with Crippen LogP contribution >= 0.6 is 0 Å². The van der Waals surface area contributed by atoms with Crippen LogP contribution < -0.4 is 5.73 Å². The van der Waals surface area contributed by atoms with Crippen LogP contribution in [0.2, 0.25) is 0 Å². The van der Waals surface area contributed by atoms with Crippen LogP contribution in [0.5, 0.6) is 5.75 Å². The SMILES string of the molecule is CCOC(=O)[C@@H](N)c1cc(C(C)(C)C)c(O)c(C(C)(C)C)c1. The van der Waals surface area contributed by atoms with E-state index < -0.39 is 12.0 Å². The van der Waals surface area contributed by atoms with Gasteiger partial charge >= 0.3 is 5.97 Å². The predicted molar refractivity (Wildman–Crippen MR) is 89.1 cm³/mol.